The molecular formula is C17H14ClF6NO2. The molecule has 1 amide bonds. The van der Waals surface area contributed by atoms with Gasteiger partial charge in [0.15, 0.2) is 0 Å². The highest BCUT2D eigenvalue weighted by Gasteiger charge is 2.37. The highest BCUT2D eigenvalue weighted by Crippen LogP contribution is 2.38. The van der Waals surface area contributed by atoms with Crippen molar-refractivity contribution in [3.63, 3.8) is 0 Å². The Hall–Kier alpha value is -2.42. The Morgan fingerprint density at radius 3 is 1.81 bits per heavy atom. The van der Waals surface area contributed by atoms with Gasteiger partial charge in [0.25, 0.3) is 0 Å². The molecule has 148 valence electrons. The van der Waals surface area contributed by atoms with Gasteiger partial charge in [-0.1, -0.05) is 30.3 Å². The molecule has 0 aliphatic heterocycles. The van der Waals surface area contributed by atoms with E-state index in [1.54, 1.807) is 30.3 Å². The number of hydrogen-bond acceptors (Lipinski definition) is 2. The third kappa shape index (κ3) is 6.06. The van der Waals surface area contributed by atoms with Crippen LogP contribution < -0.4 is 10.5 Å². The molecule has 2 rings (SSSR count). The van der Waals surface area contributed by atoms with Gasteiger partial charge in [0.2, 0.25) is 5.91 Å². The summed E-state index contributed by atoms with van der Waals surface area (Å²) in [5, 5.41) is 0. The van der Waals surface area contributed by atoms with Gasteiger partial charge < -0.3 is 10.5 Å². The number of halogens is 7. The fraction of sp³-hybridized carbons (Fsp3) is 0.235. The van der Waals surface area contributed by atoms with Crippen molar-refractivity contribution in [2.75, 3.05) is 6.61 Å². The maximum atomic E-state index is 12.8. The summed E-state index contributed by atoms with van der Waals surface area (Å²) in [4.78, 5) is 11.6. The van der Waals surface area contributed by atoms with Crippen LogP contribution in [0.2, 0.25) is 0 Å². The second-order valence-electron chi connectivity index (χ2n) is 5.42. The van der Waals surface area contributed by atoms with Crippen LogP contribution in [0.15, 0.2) is 48.5 Å². The van der Waals surface area contributed by atoms with Crippen LogP contribution in [0.4, 0.5) is 26.3 Å². The van der Waals surface area contributed by atoms with E-state index in [4.69, 9.17) is 10.5 Å². The number of alkyl halides is 6. The van der Waals surface area contributed by atoms with Crippen LogP contribution in [0.1, 0.15) is 22.6 Å². The molecule has 0 saturated carbocycles. The molecule has 0 aromatic heterocycles. The minimum atomic E-state index is -4.98. The normalized spacial score (nSPS) is 12.8. The lowest BCUT2D eigenvalue weighted by Crippen LogP contribution is -2.26. The number of carbonyl (C=O) groups excluding carboxylic acids is 1. The molecule has 2 aromatic rings. The molecule has 0 aliphatic carbocycles. The van der Waals surface area contributed by atoms with Crippen molar-refractivity contribution in [3.8, 4) is 5.75 Å². The minimum absolute atomic E-state index is 0. The Labute approximate surface area is 156 Å². The summed E-state index contributed by atoms with van der Waals surface area (Å²) in [6, 6.07) is 8.86. The van der Waals surface area contributed by atoms with Gasteiger partial charge in [0.05, 0.1) is 17.0 Å². The van der Waals surface area contributed by atoms with Crippen molar-refractivity contribution < 1.29 is 35.9 Å². The van der Waals surface area contributed by atoms with E-state index in [1.165, 1.54) is 0 Å². The highest BCUT2D eigenvalue weighted by atomic mass is 35.5. The molecule has 1 atom stereocenters. The largest absolute Gasteiger partial charge is 0.492 e. The van der Waals surface area contributed by atoms with Crippen molar-refractivity contribution in [3.05, 3.63) is 65.2 Å². The van der Waals surface area contributed by atoms with Crippen LogP contribution >= 0.6 is 12.4 Å². The van der Waals surface area contributed by atoms with Gasteiger partial charge in [-0.3, -0.25) is 4.79 Å². The maximum absolute atomic E-state index is 12.8. The van der Waals surface area contributed by atoms with E-state index in [0.717, 1.165) is 0 Å². The Kier molecular flexibility index (Phi) is 7.13. The lowest BCUT2D eigenvalue weighted by atomic mass is 9.99. The predicted octanol–water partition coefficient (Wildman–Crippen LogP) is 4.79. The third-order valence-electron chi connectivity index (χ3n) is 3.52. The molecule has 0 heterocycles. The lowest BCUT2D eigenvalue weighted by Gasteiger charge is -2.18. The molecule has 0 aliphatic rings. The molecule has 2 aromatic carbocycles. The second kappa shape index (κ2) is 8.51. The van der Waals surface area contributed by atoms with Gasteiger partial charge in [-0.05, 0) is 23.8 Å². The summed E-state index contributed by atoms with van der Waals surface area (Å²) in [5.41, 5.74) is 2.68. The van der Waals surface area contributed by atoms with Crippen LogP contribution in [0, 0.1) is 0 Å². The van der Waals surface area contributed by atoms with Crippen molar-refractivity contribution >= 4 is 18.3 Å². The van der Waals surface area contributed by atoms with E-state index in [0.29, 0.717) is 17.7 Å². The van der Waals surface area contributed by atoms with Crippen molar-refractivity contribution in [1.82, 2.24) is 0 Å². The quantitative estimate of drug-likeness (QED) is 0.716. The van der Waals surface area contributed by atoms with E-state index in [-0.39, 0.29) is 18.5 Å². The first-order chi connectivity index (χ1) is 12.0. The minimum Gasteiger partial charge on any atom is -0.492 e. The molecular weight excluding hydrogens is 400 g/mol. The molecule has 10 heteroatoms. The van der Waals surface area contributed by atoms with E-state index in [9.17, 15) is 31.1 Å². The molecule has 27 heavy (non-hydrogen) atoms. The average molecular weight is 414 g/mol. The number of rotatable bonds is 5. The number of hydrogen-bond donors (Lipinski definition) is 1. The second-order valence-corrected chi connectivity index (χ2v) is 5.42. The number of benzene rings is 2. The Bertz CT molecular complexity index is 745. The summed E-state index contributed by atoms with van der Waals surface area (Å²) in [7, 11) is 0. The van der Waals surface area contributed by atoms with E-state index in [2.05, 4.69) is 0 Å². The maximum Gasteiger partial charge on any atom is 0.416 e. The van der Waals surface area contributed by atoms with Crippen LogP contribution in [0.3, 0.4) is 0 Å². The van der Waals surface area contributed by atoms with Crippen molar-refractivity contribution in [2.45, 2.75) is 18.3 Å². The molecule has 2 N–H and O–H groups in total. The van der Waals surface area contributed by atoms with Gasteiger partial charge in [-0.15, -0.1) is 12.4 Å². The summed E-state index contributed by atoms with van der Waals surface area (Å²) >= 11 is 0. The zero-order chi connectivity index (χ0) is 19.5. The first-order valence-electron chi connectivity index (χ1n) is 7.25. The number of carbonyl (C=O) groups is 1. The average Bonchev–Trinajstić information content (AvgIpc) is 2.54. The van der Waals surface area contributed by atoms with Crippen LogP contribution in [-0.2, 0) is 17.1 Å². The number of amides is 1. The Morgan fingerprint density at radius 1 is 0.926 bits per heavy atom. The number of ether oxygens (including phenoxy) is 1. The van der Waals surface area contributed by atoms with E-state index >= 15 is 0 Å². The van der Waals surface area contributed by atoms with Crippen LogP contribution in [-0.4, -0.2) is 12.5 Å². The first kappa shape index (κ1) is 22.6. The fourth-order valence-corrected chi connectivity index (χ4v) is 2.22. The van der Waals surface area contributed by atoms with Gasteiger partial charge >= 0.3 is 12.4 Å². The molecule has 1 unspecified atom stereocenters. The first-order valence-corrected chi connectivity index (χ1v) is 7.25. The van der Waals surface area contributed by atoms with Gasteiger partial charge in [0.1, 0.15) is 12.4 Å². The van der Waals surface area contributed by atoms with Gasteiger partial charge in [-0.25, -0.2) is 0 Å². The highest BCUT2D eigenvalue weighted by molar-refractivity contribution is 5.85. The zero-order valence-electron chi connectivity index (χ0n) is 13.5. The molecule has 0 fully saturated rings. The van der Waals surface area contributed by atoms with E-state index in [1.807, 2.05) is 0 Å². The smallest absolute Gasteiger partial charge is 0.416 e. The van der Waals surface area contributed by atoms with E-state index < -0.39 is 47.7 Å². The molecule has 0 spiro atoms. The van der Waals surface area contributed by atoms with Crippen LogP contribution in [0.5, 0.6) is 5.75 Å². The van der Waals surface area contributed by atoms with Crippen LogP contribution in [0.25, 0.3) is 0 Å². The summed E-state index contributed by atoms with van der Waals surface area (Å²) in [6.07, 6.45) is -9.97. The number of nitrogens with two attached hydrogens (primary N) is 1. The third-order valence-corrected chi connectivity index (χ3v) is 3.52. The van der Waals surface area contributed by atoms with Gasteiger partial charge in [-0.2, -0.15) is 26.3 Å². The zero-order valence-corrected chi connectivity index (χ0v) is 14.3. The Morgan fingerprint density at radius 2 is 1.41 bits per heavy atom. The molecule has 0 radical (unpaired) electrons. The van der Waals surface area contributed by atoms with Crippen molar-refractivity contribution in [1.29, 1.82) is 0 Å². The Balaban J connectivity index is 0.00000364. The summed E-state index contributed by atoms with van der Waals surface area (Å²) in [6.45, 7) is -0.502. The topological polar surface area (TPSA) is 52.3 Å². The molecule has 0 saturated heterocycles. The lowest BCUT2D eigenvalue weighted by molar-refractivity contribution is -0.143. The summed E-state index contributed by atoms with van der Waals surface area (Å²) in [5.74, 6) is -2.51. The predicted molar refractivity (Wildman–Crippen MR) is 87.6 cm³/mol. The monoisotopic (exact) mass is 413 g/mol. The molecule has 0 bridgehead atoms. The SMILES string of the molecule is Cl.NC(=O)C(COc1cc(C(F)(F)F)cc(C(F)(F)F)c1)c1ccccc1. The summed E-state index contributed by atoms with van der Waals surface area (Å²) < 4.78 is 82.0. The molecule has 3 nitrogen and oxygen atoms in total. The van der Waals surface area contributed by atoms with Gasteiger partial charge in [0, 0.05) is 0 Å². The van der Waals surface area contributed by atoms with Crippen molar-refractivity contribution in [2.24, 2.45) is 5.73 Å². The standard InChI is InChI=1S/C17H13F6NO2.ClH/c18-16(19,20)11-6-12(17(21,22)23)8-13(7-11)26-9-14(15(24)25)10-4-2-1-3-5-10;/h1-8,14H,9H2,(H2,24,25);1H. The number of primary amides is 1. The fourth-order valence-electron chi connectivity index (χ4n) is 2.22.